The molecule has 0 spiro atoms. The highest BCUT2D eigenvalue weighted by Crippen LogP contribution is 2.49. The van der Waals surface area contributed by atoms with Crippen molar-refractivity contribution in [1.29, 1.82) is 0 Å². The van der Waals surface area contributed by atoms with Gasteiger partial charge in [0.2, 0.25) is 0 Å². The van der Waals surface area contributed by atoms with E-state index in [2.05, 4.69) is 146 Å². The van der Waals surface area contributed by atoms with Crippen LogP contribution in [0.4, 0.5) is 0 Å². The van der Waals surface area contributed by atoms with Crippen LogP contribution in [-0.2, 0) is 0 Å². The van der Waals surface area contributed by atoms with Crippen LogP contribution in [0.15, 0.2) is 170 Å². The van der Waals surface area contributed by atoms with Crippen LogP contribution in [0.25, 0.3) is 96.5 Å². The lowest BCUT2D eigenvalue weighted by Gasteiger charge is -2.18. The third kappa shape index (κ3) is 4.76. The fraction of sp³-hybridized carbons (Fsp3) is 0. The van der Waals surface area contributed by atoms with Crippen molar-refractivity contribution in [1.82, 2.24) is 9.97 Å². The molecule has 0 aliphatic rings. The molecule has 3 heterocycles. The summed E-state index contributed by atoms with van der Waals surface area (Å²) in [6.07, 6.45) is 0. The highest BCUT2D eigenvalue weighted by atomic mass is 32.1. The van der Waals surface area contributed by atoms with E-state index in [0.717, 1.165) is 28.1 Å². The smallest absolute Gasteiger partial charge is 0.160 e. The second-order valence-corrected chi connectivity index (χ2v) is 14.6. The summed E-state index contributed by atoms with van der Waals surface area (Å²) in [6, 6.07) is 60.6. The Balaban J connectivity index is 1.32. The SMILES string of the molecule is c1ccc(-c2cc(-c3cccc(-c4cccc5c4sc4ccccc45)c3-c3cccc4c3sc3ccccc34)nc(-c3ccccc3)n2)cc1. The molecule has 50 heavy (non-hydrogen) atoms. The molecule has 234 valence electrons. The number of hydrogen-bond acceptors (Lipinski definition) is 4. The van der Waals surface area contributed by atoms with Crippen LogP contribution in [0.3, 0.4) is 0 Å². The zero-order valence-electron chi connectivity index (χ0n) is 26.9. The van der Waals surface area contributed by atoms with E-state index < -0.39 is 0 Å². The highest BCUT2D eigenvalue weighted by Gasteiger charge is 2.22. The average molecular weight is 673 g/mol. The second kappa shape index (κ2) is 11.9. The summed E-state index contributed by atoms with van der Waals surface area (Å²) in [7, 11) is 0. The van der Waals surface area contributed by atoms with Crippen LogP contribution < -0.4 is 0 Å². The summed E-state index contributed by atoms with van der Waals surface area (Å²) >= 11 is 3.74. The van der Waals surface area contributed by atoms with E-state index in [4.69, 9.17) is 9.97 Å². The topological polar surface area (TPSA) is 25.8 Å². The Bertz CT molecular complexity index is 2810. The van der Waals surface area contributed by atoms with Crippen LogP contribution in [0.1, 0.15) is 0 Å². The molecule has 4 heteroatoms. The lowest BCUT2D eigenvalue weighted by atomic mass is 9.88. The summed E-state index contributed by atoms with van der Waals surface area (Å²) in [6.45, 7) is 0. The minimum atomic E-state index is 0.713. The van der Waals surface area contributed by atoms with Gasteiger partial charge in [0.15, 0.2) is 5.82 Å². The minimum absolute atomic E-state index is 0.713. The molecule has 0 fully saturated rings. The first-order chi connectivity index (χ1) is 24.8. The monoisotopic (exact) mass is 672 g/mol. The molecule has 2 nitrogen and oxygen atoms in total. The number of nitrogens with zero attached hydrogens (tertiary/aromatic N) is 2. The van der Waals surface area contributed by atoms with Crippen molar-refractivity contribution >= 4 is 63.0 Å². The van der Waals surface area contributed by atoms with E-state index in [1.165, 1.54) is 62.6 Å². The Labute approximate surface area is 297 Å². The van der Waals surface area contributed by atoms with Gasteiger partial charge in [0.1, 0.15) is 0 Å². The fourth-order valence-corrected chi connectivity index (χ4v) is 9.69. The van der Waals surface area contributed by atoms with E-state index in [-0.39, 0.29) is 0 Å². The summed E-state index contributed by atoms with van der Waals surface area (Å²) in [4.78, 5) is 10.5. The van der Waals surface area contributed by atoms with E-state index in [9.17, 15) is 0 Å². The summed E-state index contributed by atoms with van der Waals surface area (Å²) in [5, 5.41) is 5.16. The number of benzene rings is 7. The zero-order chi connectivity index (χ0) is 33.0. The van der Waals surface area contributed by atoms with Gasteiger partial charge in [0.05, 0.1) is 11.4 Å². The van der Waals surface area contributed by atoms with Gasteiger partial charge in [-0.1, -0.05) is 152 Å². The predicted octanol–water partition coefficient (Wildman–Crippen LogP) is 13.5. The molecule has 3 aromatic heterocycles. The van der Waals surface area contributed by atoms with Crippen molar-refractivity contribution in [3.05, 3.63) is 170 Å². The summed E-state index contributed by atoms with van der Waals surface area (Å²) in [5.74, 6) is 0.713. The van der Waals surface area contributed by atoms with Gasteiger partial charge in [-0.2, -0.15) is 0 Å². The Hall–Kier alpha value is -5.94. The van der Waals surface area contributed by atoms with Gasteiger partial charge in [-0.05, 0) is 23.8 Å². The van der Waals surface area contributed by atoms with Crippen molar-refractivity contribution in [2.75, 3.05) is 0 Å². The Morgan fingerprint density at radius 2 is 0.820 bits per heavy atom. The predicted molar refractivity (Wildman–Crippen MR) is 215 cm³/mol. The lowest BCUT2D eigenvalue weighted by molar-refractivity contribution is 1.18. The molecule has 0 atom stereocenters. The normalized spacial score (nSPS) is 11.6. The maximum atomic E-state index is 5.34. The molecule has 0 unspecified atom stereocenters. The van der Waals surface area contributed by atoms with Crippen LogP contribution in [0.2, 0.25) is 0 Å². The number of fused-ring (bicyclic) bond motifs is 6. The maximum absolute atomic E-state index is 5.34. The van der Waals surface area contributed by atoms with Gasteiger partial charge in [-0.3, -0.25) is 0 Å². The summed E-state index contributed by atoms with van der Waals surface area (Å²) < 4.78 is 5.18. The fourth-order valence-electron chi connectivity index (χ4n) is 7.24. The van der Waals surface area contributed by atoms with Gasteiger partial charge in [0, 0.05) is 73.7 Å². The second-order valence-electron chi connectivity index (χ2n) is 12.5. The molecule has 0 saturated carbocycles. The molecule has 0 aliphatic heterocycles. The first-order valence-corrected chi connectivity index (χ1v) is 18.4. The van der Waals surface area contributed by atoms with Gasteiger partial charge >= 0.3 is 0 Å². The zero-order valence-corrected chi connectivity index (χ0v) is 28.5. The van der Waals surface area contributed by atoms with E-state index in [1.54, 1.807) is 0 Å². The van der Waals surface area contributed by atoms with Gasteiger partial charge < -0.3 is 0 Å². The lowest BCUT2D eigenvalue weighted by Crippen LogP contribution is -1.98. The molecule has 0 amide bonds. The van der Waals surface area contributed by atoms with Crippen molar-refractivity contribution in [3.63, 3.8) is 0 Å². The Morgan fingerprint density at radius 3 is 1.50 bits per heavy atom. The molecule has 7 aromatic carbocycles. The van der Waals surface area contributed by atoms with E-state index in [0.29, 0.717) is 5.82 Å². The molecule has 10 rings (SSSR count). The van der Waals surface area contributed by atoms with Crippen molar-refractivity contribution in [3.8, 4) is 56.2 Å². The number of thiophene rings is 2. The largest absolute Gasteiger partial charge is 0.228 e. The molecule has 10 aromatic rings. The number of hydrogen-bond donors (Lipinski definition) is 0. The first-order valence-electron chi connectivity index (χ1n) is 16.7. The molecule has 0 N–H and O–H groups in total. The average Bonchev–Trinajstić information content (AvgIpc) is 3.77. The molecule has 0 saturated heterocycles. The molecule has 0 aliphatic carbocycles. The van der Waals surface area contributed by atoms with Crippen LogP contribution >= 0.6 is 22.7 Å². The molecule has 0 radical (unpaired) electrons. The third-order valence-electron chi connectivity index (χ3n) is 9.54. The molecular weight excluding hydrogens is 645 g/mol. The van der Waals surface area contributed by atoms with E-state index >= 15 is 0 Å². The van der Waals surface area contributed by atoms with Gasteiger partial charge in [-0.15, -0.1) is 22.7 Å². The quantitative estimate of drug-likeness (QED) is 0.182. The number of rotatable bonds is 5. The van der Waals surface area contributed by atoms with Crippen molar-refractivity contribution < 1.29 is 0 Å². The molecular formula is C46H28N2S2. The highest BCUT2D eigenvalue weighted by molar-refractivity contribution is 7.26. The summed E-state index contributed by atoms with van der Waals surface area (Å²) in [5.41, 5.74) is 9.78. The van der Waals surface area contributed by atoms with Crippen LogP contribution in [0, 0.1) is 0 Å². The first kappa shape index (κ1) is 29.0. The Kier molecular flexibility index (Phi) is 6.90. The molecule has 0 bridgehead atoms. The van der Waals surface area contributed by atoms with Crippen LogP contribution in [0.5, 0.6) is 0 Å². The third-order valence-corrected chi connectivity index (χ3v) is 12.0. The minimum Gasteiger partial charge on any atom is -0.228 e. The van der Waals surface area contributed by atoms with Crippen LogP contribution in [-0.4, -0.2) is 9.97 Å². The van der Waals surface area contributed by atoms with Crippen molar-refractivity contribution in [2.45, 2.75) is 0 Å². The number of aromatic nitrogens is 2. The van der Waals surface area contributed by atoms with Crippen molar-refractivity contribution in [2.24, 2.45) is 0 Å². The van der Waals surface area contributed by atoms with Gasteiger partial charge in [-0.25, -0.2) is 9.97 Å². The van der Waals surface area contributed by atoms with Gasteiger partial charge in [0.25, 0.3) is 0 Å². The maximum Gasteiger partial charge on any atom is 0.160 e. The van der Waals surface area contributed by atoms with E-state index in [1.807, 2.05) is 46.9 Å². The Morgan fingerprint density at radius 1 is 0.340 bits per heavy atom. The standard InChI is InChI=1S/C46H28N2S2/c1-3-14-29(15-4-1)39-28-40(48-46(47-39)30-16-5-2-6-17-30)37-24-11-20-33(36-23-12-21-34-31-18-7-9-26-41(31)49-44(34)36)43(37)38-25-13-22-35-32-19-8-10-27-42(32)50-45(35)38/h1-28H.